The highest BCUT2D eigenvalue weighted by Gasteiger charge is 2.18. The molecule has 2 rings (SSSR count). The maximum Gasteiger partial charge on any atom is 0.253 e. The average Bonchev–Trinajstić information content (AvgIpc) is 2.85. The van der Waals surface area contributed by atoms with Gasteiger partial charge in [-0.15, -0.1) is 11.6 Å². The van der Waals surface area contributed by atoms with Gasteiger partial charge < -0.3 is 14.4 Å². The number of hydrogen-bond acceptors (Lipinski definition) is 3. The Morgan fingerprint density at radius 1 is 1.47 bits per heavy atom. The van der Waals surface area contributed by atoms with Crippen LogP contribution in [0.3, 0.4) is 0 Å². The zero-order valence-electron chi connectivity index (χ0n) is 11.2. The molecule has 1 heterocycles. The van der Waals surface area contributed by atoms with Gasteiger partial charge in [0.1, 0.15) is 0 Å². The Labute approximate surface area is 118 Å². The third kappa shape index (κ3) is 3.47. The number of fused-ring (bicyclic) bond motifs is 1. The fourth-order valence-electron chi connectivity index (χ4n) is 2.14. The van der Waals surface area contributed by atoms with Crippen molar-refractivity contribution in [2.45, 2.75) is 18.6 Å². The minimum atomic E-state index is -0.197. The van der Waals surface area contributed by atoms with Crippen molar-refractivity contribution in [3.63, 3.8) is 0 Å². The molecular formula is C14H18ClNO3. The number of amides is 1. The number of ether oxygens (including phenoxy) is 2. The van der Waals surface area contributed by atoms with Gasteiger partial charge in [0.15, 0.2) is 0 Å². The lowest BCUT2D eigenvalue weighted by molar-refractivity contribution is 0.0781. The molecule has 0 radical (unpaired) electrons. The van der Waals surface area contributed by atoms with Crippen LogP contribution in [0.25, 0.3) is 0 Å². The van der Waals surface area contributed by atoms with Crippen molar-refractivity contribution < 1.29 is 14.3 Å². The predicted molar refractivity (Wildman–Crippen MR) is 73.4 cm³/mol. The molecule has 1 atom stereocenters. The summed E-state index contributed by atoms with van der Waals surface area (Å²) in [4.78, 5) is 13.9. The molecule has 104 valence electrons. The van der Waals surface area contributed by atoms with E-state index in [9.17, 15) is 4.79 Å². The van der Waals surface area contributed by atoms with Gasteiger partial charge >= 0.3 is 0 Å². The zero-order chi connectivity index (χ0) is 13.8. The summed E-state index contributed by atoms with van der Waals surface area (Å²) in [5.41, 5.74) is 2.93. The molecule has 0 spiro atoms. The lowest BCUT2D eigenvalue weighted by Gasteiger charge is -2.20. The van der Waals surface area contributed by atoms with Crippen LogP contribution in [0.15, 0.2) is 18.2 Å². The molecule has 1 amide bonds. The van der Waals surface area contributed by atoms with Gasteiger partial charge in [-0.1, -0.05) is 6.07 Å². The smallest absolute Gasteiger partial charge is 0.253 e. The molecule has 5 heteroatoms. The van der Waals surface area contributed by atoms with Crippen LogP contribution >= 0.6 is 11.6 Å². The van der Waals surface area contributed by atoms with Crippen molar-refractivity contribution in [3.05, 3.63) is 34.9 Å². The van der Waals surface area contributed by atoms with Crippen LogP contribution in [-0.2, 0) is 22.7 Å². The van der Waals surface area contributed by atoms with Crippen molar-refractivity contribution in [2.75, 3.05) is 27.3 Å². The minimum absolute atomic E-state index is 0.0311. The second-order valence-electron chi connectivity index (χ2n) is 4.71. The molecule has 4 nitrogen and oxygen atoms in total. The van der Waals surface area contributed by atoms with E-state index in [-0.39, 0.29) is 11.3 Å². The van der Waals surface area contributed by atoms with Crippen molar-refractivity contribution in [1.29, 1.82) is 0 Å². The van der Waals surface area contributed by atoms with Crippen molar-refractivity contribution in [1.82, 2.24) is 4.90 Å². The Kier molecular flexibility index (Phi) is 4.80. The minimum Gasteiger partial charge on any atom is -0.383 e. The van der Waals surface area contributed by atoms with Crippen LogP contribution in [-0.4, -0.2) is 43.5 Å². The van der Waals surface area contributed by atoms with Crippen molar-refractivity contribution in [2.24, 2.45) is 0 Å². The van der Waals surface area contributed by atoms with Crippen LogP contribution in [0.1, 0.15) is 21.5 Å². The first kappa shape index (κ1) is 14.3. The van der Waals surface area contributed by atoms with E-state index in [1.165, 1.54) is 0 Å². The van der Waals surface area contributed by atoms with E-state index in [0.29, 0.717) is 31.9 Å². The predicted octanol–water partition coefficient (Wildman–Crippen LogP) is 2.04. The number of carbonyl (C=O) groups is 1. The molecule has 0 fully saturated rings. The quantitative estimate of drug-likeness (QED) is 0.776. The molecule has 0 aromatic heterocycles. The summed E-state index contributed by atoms with van der Waals surface area (Å²) < 4.78 is 10.3. The van der Waals surface area contributed by atoms with Gasteiger partial charge in [-0.05, 0) is 23.3 Å². The lowest BCUT2D eigenvalue weighted by atomic mass is 10.1. The first-order chi connectivity index (χ1) is 9.11. The standard InChI is InChI=1S/C14H18ClNO3/c1-16(6-13(15)9-18-2)14(17)10-3-4-11-7-19-8-12(11)5-10/h3-5,13H,6-9H2,1-2H3. The first-order valence-corrected chi connectivity index (χ1v) is 6.63. The van der Waals surface area contributed by atoms with Crippen LogP contribution < -0.4 is 0 Å². The maximum atomic E-state index is 12.3. The van der Waals surface area contributed by atoms with Gasteiger partial charge in [-0.3, -0.25) is 4.79 Å². The van der Waals surface area contributed by atoms with Crippen LogP contribution in [0, 0.1) is 0 Å². The molecule has 1 unspecified atom stereocenters. The summed E-state index contributed by atoms with van der Waals surface area (Å²) in [6.45, 7) is 2.11. The molecular weight excluding hydrogens is 266 g/mol. The first-order valence-electron chi connectivity index (χ1n) is 6.20. The van der Waals surface area contributed by atoms with Gasteiger partial charge in [0.2, 0.25) is 0 Å². The number of alkyl halides is 1. The van der Waals surface area contributed by atoms with E-state index in [1.54, 1.807) is 19.1 Å². The fourth-order valence-corrected chi connectivity index (χ4v) is 2.47. The van der Waals surface area contributed by atoms with Crippen LogP contribution in [0.5, 0.6) is 0 Å². The second kappa shape index (κ2) is 6.37. The topological polar surface area (TPSA) is 38.8 Å². The van der Waals surface area contributed by atoms with E-state index in [4.69, 9.17) is 21.1 Å². The Hall–Kier alpha value is -1.10. The summed E-state index contributed by atoms with van der Waals surface area (Å²) in [7, 11) is 3.34. The van der Waals surface area contributed by atoms with Crippen LogP contribution in [0.2, 0.25) is 0 Å². The lowest BCUT2D eigenvalue weighted by Crippen LogP contribution is -2.34. The van der Waals surface area contributed by atoms with Crippen LogP contribution in [0.4, 0.5) is 0 Å². The summed E-state index contributed by atoms with van der Waals surface area (Å²) >= 11 is 6.06. The van der Waals surface area contributed by atoms with Gasteiger partial charge in [0.05, 0.1) is 25.2 Å². The highest BCUT2D eigenvalue weighted by Crippen LogP contribution is 2.21. The highest BCUT2D eigenvalue weighted by molar-refractivity contribution is 6.21. The molecule has 0 saturated heterocycles. The molecule has 0 bridgehead atoms. The summed E-state index contributed by atoms with van der Waals surface area (Å²) in [6, 6.07) is 5.70. The number of rotatable bonds is 5. The summed E-state index contributed by atoms with van der Waals surface area (Å²) in [5, 5.41) is -0.197. The number of methoxy groups -OCH3 is 1. The molecule has 1 aliphatic heterocycles. The normalized spacial score (nSPS) is 15.1. The maximum absolute atomic E-state index is 12.3. The molecule has 1 aliphatic rings. The van der Waals surface area contributed by atoms with E-state index in [2.05, 4.69) is 0 Å². The van der Waals surface area contributed by atoms with Gasteiger partial charge in [-0.25, -0.2) is 0 Å². The molecule has 0 N–H and O–H groups in total. The summed E-state index contributed by atoms with van der Waals surface area (Å²) in [5.74, 6) is -0.0311. The van der Waals surface area contributed by atoms with Gasteiger partial charge in [-0.2, -0.15) is 0 Å². The second-order valence-corrected chi connectivity index (χ2v) is 5.33. The third-order valence-corrected chi connectivity index (χ3v) is 3.40. The van der Waals surface area contributed by atoms with E-state index in [1.807, 2.05) is 18.2 Å². The molecule has 0 saturated carbocycles. The zero-order valence-corrected chi connectivity index (χ0v) is 11.9. The van der Waals surface area contributed by atoms with E-state index in [0.717, 1.165) is 11.1 Å². The number of halogens is 1. The van der Waals surface area contributed by atoms with E-state index >= 15 is 0 Å². The number of nitrogens with zero attached hydrogens (tertiary/aromatic N) is 1. The largest absolute Gasteiger partial charge is 0.383 e. The summed E-state index contributed by atoms with van der Waals surface area (Å²) in [6.07, 6.45) is 0. The van der Waals surface area contributed by atoms with E-state index < -0.39 is 0 Å². The monoisotopic (exact) mass is 283 g/mol. The SMILES string of the molecule is COCC(Cl)CN(C)C(=O)c1ccc2c(c1)COC2. The number of hydrogen-bond donors (Lipinski definition) is 0. The van der Waals surface area contributed by atoms with Crippen molar-refractivity contribution >= 4 is 17.5 Å². The third-order valence-electron chi connectivity index (χ3n) is 3.13. The molecule has 19 heavy (non-hydrogen) atoms. The Morgan fingerprint density at radius 2 is 2.21 bits per heavy atom. The molecule has 1 aromatic carbocycles. The Bertz CT molecular complexity index is 464. The molecule has 0 aliphatic carbocycles. The number of carbonyl (C=O) groups excluding carboxylic acids is 1. The average molecular weight is 284 g/mol. The van der Waals surface area contributed by atoms with Crippen molar-refractivity contribution in [3.8, 4) is 0 Å². The van der Waals surface area contributed by atoms with Gasteiger partial charge in [0, 0.05) is 26.3 Å². The highest BCUT2D eigenvalue weighted by atomic mass is 35.5. The van der Waals surface area contributed by atoms with Gasteiger partial charge in [0.25, 0.3) is 5.91 Å². The molecule has 1 aromatic rings. The number of benzene rings is 1. The fraction of sp³-hybridized carbons (Fsp3) is 0.500. The Morgan fingerprint density at radius 3 is 2.95 bits per heavy atom. The Balaban J connectivity index is 2.02.